The van der Waals surface area contributed by atoms with Crippen molar-refractivity contribution in [1.82, 2.24) is 20.2 Å². The Hall–Kier alpha value is -3.62. The monoisotopic (exact) mass is 446 g/mol. The van der Waals surface area contributed by atoms with E-state index in [1.54, 1.807) is 31.3 Å². The van der Waals surface area contributed by atoms with E-state index in [1.165, 1.54) is 0 Å². The van der Waals surface area contributed by atoms with E-state index in [-0.39, 0.29) is 17.9 Å². The Bertz CT molecular complexity index is 1120. The Morgan fingerprint density at radius 1 is 1.15 bits per heavy atom. The van der Waals surface area contributed by atoms with Crippen LogP contribution in [0.25, 0.3) is 11.3 Å². The maximum absolute atomic E-state index is 13.0. The topological polar surface area (TPSA) is 93.7 Å². The van der Waals surface area contributed by atoms with E-state index in [4.69, 9.17) is 14.5 Å². The lowest BCUT2D eigenvalue weighted by Crippen LogP contribution is -2.42. The molecule has 1 aliphatic heterocycles. The van der Waals surface area contributed by atoms with Crippen LogP contribution in [0.15, 0.2) is 60.8 Å². The fraction of sp³-hybridized carbons (Fsp3) is 0.280. The summed E-state index contributed by atoms with van der Waals surface area (Å²) in [6, 6.07) is 16.6. The van der Waals surface area contributed by atoms with Crippen LogP contribution in [0.5, 0.6) is 0 Å². The second kappa shape index (κ2) is 10.3. The summed E-state index contributed by atoms with van der Waals surface area (Å²) in [6.45, 7) is 1.90. The summed E-state index contributed by atoms with van der Waals surface area (Å²) in [5.74, 6) is -0.269. The maximum Gasteiger partial charge on any atom is 0.269 e. The van der Waals surface area contributed by atoms with E-state index in [2.05, 4.69) is 10.3 Å². The van der Waals surface area contributed by atoms with Gasteiger partial charge in [-0.05, 0) is 42.0 Å². The zero-order valence-corrected chi connectivity index (χ0v) is 18.7. The molecule has 1 N–H and O–H groups in total. The lowest BCUT2D eigenvalue weighted by molar-refractivity contribution is -0.0246. The number of hydrogen-bond acceptors (Lipinski definition) is 6. The molecule has 0 spiro atoms. The number of benzene rings is 1. The van der Waals surface area contributed by atoms with Gasteiger partial charge in [-0.3, -0.25) is 14.6 Å². The van der Waals surface area contributed by atoms with Gasteiger partial charge >= 0.3 is 0 Å². The molecule has 3 aromatic rings. The van der Waals surface area contributed by atoms with Gasteiger partial charge in [0.25, 0.3) is 11.8 Å². The van der Waals surface area contributed by atoms with Crippen LogP contribution in [-0.2, 0) is 16.1 Å². The highest BCUT2D eigenvalue weighted by Gasteiger charge is 2.27. The van der Waals surface area contributed by atoms with E-state index in [0.29, 0.717) is 37.6 Å². The van der Waals surface area contributed by atoms with Crippen LogP contribution >= 0.6 is 0 Å². The molecule has 4 rings (SSSR count). The number of ether oxygens (including phenoxy) is 2. The molecule has 0 saturated carbocycles. The predicted octanol–water partition coefficient (Wildman–Crippen LogP) is 2.86. The quantitative estimate of drug-likeness (QED) is 0.626. The molecule has 1 aliphatic rings. The largest absolute Gasteiger partial charge is 0.380 e. The highest BCUT2D eigenvalue weighted by Crippen LogP contribution is 2.25. The lowest BCUT2D eigenvalue weighted by Gasteiger charge is -2.33. The van der Waals surface area contributed by atoms with Crippen molar-refractivity contribution >= 4 is 11.8 Å². The fourth-order valence-electron chi connectivity index (χ4n) is 3.70. The van der Waals surface area contributed by atoms with Gasteiger partial charge in [-0.15, -0.1) is 0 Å². The van der Waals surface area contributed by atoms with Gasteiger partial charge in [0.05, 0.1) is 31.1 Å². The van der Waals surface area contributed by atoms with Crippen LogP contribution in [0.2, 0.25) is 0 Å². The normalized spacial score (nSPS) is 15.8. The Labute approximate surface area is 192 Å². The molecule has 2 aromatic heterocycles. The number of rotatable bonds is 6. The van der Waals surface area contributed by atoms with Gasteiger partial charge in [0, 0.05) is 38.0 Å². The van der Waals surface area contributed by atoms with E-state index >= 15 is 0 Å². The minimum absolute atomic E-state index is 0.0302. The summed E-state index contributed by atoms with van der Waals surface area (Å²) in [5, 5.41) is 2.55. The van der Waals surface area contributed by atoms with Crippen molar-refractivity contribution in [3.63, 3.8) is 0 Å². The first-order valence-electron chi connectivity index (χ1n) is 10.7. The summed E-state index contributed by atoms with van der Waals surface area (Å²) in [7, 11) is 3.21. The van der Waals surface area contributed by atoms with Crippen LogP contribution in [0.3, 0.4) is 0 Å². The molecule has 170 valence electrons. The Kier molecular flexibility index (Phi) is 7.07. The third kappa shape index (κ3) is 5.24. The number of nitrogens with zero attached hydrogens (tertiary/aromatic N) is 3. The molecule has 8 nitrogen and oxygen atoms in total. The van der Waals surface area contributed by atoms with Gasteiger partial charge in [0.1, 0.15) is 11.8 Å². The third-order valence-electron chi connectivity index (χ3n) is 5.49. The number of morpholine rings is 1. The second-order valence-corrected chi connectivity index (χ2v) is 7.70. The van der Waals surface area contributed by atoms with E-state index in [1.807, 2.05) is 48.5 Å². The summed E-state index contributed by atoms with van der Waals surface area (Å²) >= 11 is 0. The summed E-state index contributed by atoms with van der Waals surface area (Å²) < 4.78 is 11.1. The van der Waals surface area contributed by atoms with Crippen molar-refractivity contribution in [3.8, 4) is 11.3 Å². The molecule has 0 aliphatic carbocycles. The first-order chi connectivity index (χ1) is 16.1. The van der Waals surface area contributed by atoms with Gasteiger partial charge in [-0.2, -0.15) is 0 Å². The number of carbonyl (C=O) groups excluding carboxylic acids is 2. The van der Waals surface area contributed by atoms with Gasteiger partial charge < -0.3 is 19.7 Å². The van der Waals surface area contributed by atoms with Crippen molar-refractivity contribution in [1.29, 1.82) is 0 Å². The van der Waals surface area contributed by atoms with Crippen LogP contribution in [0.1, 0.15) is 38.2 Å². The smallest absolute Gasteiger partial charge is 0.269 e. The Balaban J connectivity index is 1.48. The maximum atomic E-state index is 13.0. The van der Waals surface area contributed by atoms with Crippen LogP contribution in [-0.4, -0.2) is 60.5 Å². The van der Waals surface area contributed by atoms with Crippen molar-refractivity contribution in [2.24, 2.45) is 0 Å². The average Bonchev–Trinajstić information content (AvgIpc) is 2.89. The molecular weight excluding hydrogens is 420 g/mol. The first-order valence-corrected chi connectivity index (χ1v) is 10.7. The number of methoxy groups -OCH3 is 1. The molecule has 0 bridgehead atoms. The number of pyridine rings is 2. The predicted molar refractivity (Wildman–Crippen MR) is 123 cm³/mol. The fourth-order valence-corrected chi connectivity index (χ4v) is 3.70. The molecule has 8 heteroatoms. The highest BCUT2D eigenvalue weighted by molar-refractivity contribution is 5.94. The summed E-state index contributed by atoms with van der Waals surface area (Å²) in [5.41, 5.74) is 4.27. The highest BCUT2D eigenvalue weighted by atomic mass is 16.5. The minimum atomic E-state index is -0.325. The van der Waals surface area contributed by atoms with Gasteiger partial charge in [0.15, 0.2) is 0 Å². The molecule has 1 saturated heterocycles. The zero-order valence-electron chi connectivity index (χ0n) is 18.7. The molecule has 1 fully saturated rings. The van der Waals surface area contributed by atoms with Gasteiger partial charge in [0.2, 0.25) is 0 Å². The number of aromatic nitrogens is 2. The van der Waals surface area contributed by atoms with E-state index in [0.717, 1.165) is 22.5 Å². The first kappa shape index (κ1) is 22.6. The number of nitrogens with one attached hydrogen (secondary N) is 1. The Morgan fingerprint density at radius 2 is 1.97 bits per heavy atom. The van der Waals surface area contributed by atoms with Crippen molar-refractivity contribution in [2.75, 3.05) is 33.9 Å². The minimum Gasteiger partial charge on any atom is -0.380 e. The lowest BCUT2D eigenvalue weighted by atomic mass is 10.1. The summed E-state index contributed by atoms with van der Waals surface area (Å²) in [6.07, 6.45) is 1.30. The van der Waals surface area contributed by atoms with Crippen molar-refractivity contribution in [3.05, 3.63) is 83.3 Å². The van der Waals surface area contributed by atoms with E-state index < -0.39 is 0 Å². The standard InChI is InChI=1S/C25H26N4O4/c1-26-24(30)22-11-10-19(14-27-22)20-4-3-5-21(28-20)23-15-29(12-13-33-23)25(31)18-8-6-17(7-9-18)16-32-2/h3-11,14,23H,12-13,15-16H2,1-2H3,(H,26,30). The summed E-state index contributed by atoms with van der Waals surface area (Å²) in [4.78, 5) is 35.5. The average molecular weight is 447 g/mol. The van der Waals surface area contributed by atoms with Gasteiger partial charge in [-0.1, -0.05) is 18.2 Å². The van der Waals surface area contributed by atoms with Gasteiger partial charge in [-0.25, -0.2) is 4.98 Å². The third-order valence-corrected chi connectivity index (χ3v) is 5.49. The molecule has 2 amide bonds. The van der Waals surface area contributed by atoms with Crippen LogP contribution in [0.4, 0.5) is 0 Å². The molecule has 0 radical (unpaired) electrons. The zero-order chi connectivity index (χ0) is 23.2. The molecule has 1 atom stereocenters. The number of carbonyl (C=O) groups is 2. The molecule has 1 aromatic carbocycles. The van der Waals surface area contributed by atoms with Crippen LogP contribution in [0, 0.1) is 0 Å². The molecular formula is C25H26N4O4. The number of hydrogen-bond donors (Lipinski definition) is 1. The SMILES string of the molecule is CNC(=O)c1ccc(-c2cccc(C3CN(C(=O)c4ccc(COC)cc4)CCO3)n2)cn1. The van der Waals surface area contributed by atoms with Crippen molar-refractivity contribution < 1.29 is 19.1 Å². The molecule has 1 unspecified atom stereocenters. The molecule has 33 heavy (non-hydrogen) atoms. The number of amides is 2. The van der Waals surface area contributed by atoms with E-state index in [9.17, 15) is 9.59 Å². The molecule has 3 heterocycles. The Morgan fingerprint density at radius 3 is 2.67 bits per heavy atom. The second-order valence-electron chi connectivity index (χ2n) is 7.70. The van der Waals surface area contributed by atoms with Crippen LogP contribution < -0.4 is 5.32 Å². The van der Waals surface area contributed by atoms with Crippen molar-refractivity contribution in [2.45, 2.75) is 12.7 Å².